The fourth-order valence-electron chi connectivity index (χ4n) is 0.799. The maximum atomic E-state index is 10.6. The Morgan fingerprint density at radius 1 is 0.938 bits per heavy atom. The van der Waals surface area contributed by atoms with Crippen LogP contribution in [0, 0.1) is 0 Å². The van der Waals surface area contributed by atoms with Crippen LogP contribution < -0.4 is 0 Å². The first-order chi connectivity index (χ1) is 7.60. The van der Waals surface area contributed by atoms with E-state index >= 15 is 0 Å². The van der Waals surface area contributed by atoms with Crippen LogP contribution in [-0.4, -0.2) is 64.8 Å². The molecule has 0 rings (SSSR count). The lowest BCUT2D eigenvalue weighted by molar-refractivity contribution is 0.0552. The van der Waals surface area contributed by atoms with Crippen molar-refractivity contribution in [3.05, 3.63) is 0 Å². The van der Waals surface area contributed by atoms with Gasteiger partial charge in [0.25, 0.3) is 0 Å². The number of likely N-dealkylation sites (N-methyl/N-ethyl adjacent to an activating group) is 1. The molecule has 16 heavy (non-hydrogen) atoms. The van der Waals surface area contributed by atoms with E-state index in [2.05, 4.69) is 18.9 Å². The molecule has 0 aliphatic carbocycles. The second-order valence-corrected chi connectivity index (χ2v) is 2.91. The van der Waals surface area contributed by atoms with Gasteiger partial charge in [0.05, 0.1) is 14.2 Å². The number of carbonyl (C=O) groups excluding carboxylic acids is 2. The van der Waals surface area contributed by atoms with E-state index in [9.17, 15) is 9.59 Å². The molecule has 0 N–H and O–H groups in total. The minimum atomic E-state index is -0.709. The summed E-state index contributed by atoms with van der Waals surface area (Å²) in [5.74, 6) is 0. The molecule has 0 radical (unpaired) electrons. The van der Waals surface area contributed by atoms with Gasteiger partial charge in [-0.2, -0.15) is 0 Å². The van der Waals surface area contributed by atoms with Gasteiger partial charge in [0.15, 0.2) is 0 Å². The van der Waals surface area contributed by atoms with Crippen molar-refractivity contribution < 1.29 is 28.5 Å². The smallest absolute Gasteiger partial charge is 0.438 e. The SMILES string of the molecule is COC(=O)OCCN(C)CCOC(=O)OC. The van der Waals surface area contributed by atoms with Crippen molar-refractivity contribution in [3.8, 4) is 0 Å². The second kappa shape index (κ2) is 8.78. The van der Waals surface area contributed by atoms with Crippen molar-refractivity contribution in [2.24, 2.45) is 0 Å². The highest BCUT2D eigenvalue weighted by molar-refractivity contribution is 5.59. The zero-order chi connectivity index (χ0) is 12.4. The summed E-state index contributed by atoms with van der Waals surface area (Å²) in [6.45, 7) is 1.50. The van der Waals surface area contributed by atoms with Crippen LogP contribution in [0.25, 0.3) is 0 Å². The third-order valence-corrected chi connectivity index (χ3v) is 1.72. The highest BCUT2D eigenvalue weighted by Gasteiger charge is 2.04. The van der Waals surface area contributed by atoms with Gasteiger partial charge in [0.1, 0.15) is 13.2 Å². The van der Waals surface area contributed by atoms with Crippen LogP contribution in [0.5, 0.6) is 0 Å². The number of hydrogen-bond donors (Lipinski definition) is 0. The van der Waals surface area contributed by atoms with Crippen molar-refractivity contribution in [1.29, 1.82) is 0 Å². The Morgan fingerprint density at radius 2 is 1.31 bits per heavy atom. The van der Waals surface area contributed by atoms with Crippen LogP contribution in [0.4, 0.5) is 9.59 Å². The predicted molar refractivity (Wildman–Crippen MR) is 54.2 cm³/mol. The average molecular weight is 235 g/mol. The van der Waals surface area contributed by atoms with Crippen LogP contribution in [0.15, 0.2) is 0 Å². The van der Waals surface area contributed by atoms with Gasteiger partial charge in [-0.05, 0) is 7.05 Å². The first kappa shape index (κ1) is 14.5. The van der Waals surface area contributed by atoms with Crippen molar-refractivity contribution in [3.63, 3.8) is 0 Å². The zero-order valence-corrected chi connectivity index (χ0v) is 9.73. The molecule has 0 aromatic heterocycles. The van der Waals surface area contributed by atoms with E-state index in [4.69, 9.17) is 0 Å². The average Bonchev–Trinajstić information content (AvgIpc) is 2.28. The summed E-state index contributed by atoms with van der Waals surface area (Å²) >= 11 is 0. The summed E-state index contributed by atoms with van der Waals surface area (Å²) in [5, 5.41) is 0. The Hall–Kier alpha value is -1.50. The van der Waals surface area contributed by atoms with Crippen molar-refractivity contribution >= 4 is 12.3 Å². The maximum absolute atomic E-state index is 10.6. The molecule has 0 aliphatic heterocycles. The van der Waals surface area contributed by atoms with E-state index in [1.165, 1.54) is 14.2 Å². The number of nitrogens with zero attached hydrogens (tertiary/aromatic N) is 1. The fourth-order valence-corrected chi connectivity index (χ4v) is 0.799. The molecule has 0 aromatic carbocycles. The second-order valence-electron chi connectivity index (χ2n) is 2.91. The molecule has 0 spiro atoms. The highest BCUT2D eigenvalue weighted by atomic mass is 16.7. The Labute approximate surface area is 94.2 Å². The standard InChI is InChI=1S/C9H17NO6/c1-10(4-6-15-8(11)13-2)5-7-16-9(12)14-3/h4-7H2,1-3H3. The highest BCUT2D eigenvalue weighted by Crippen LogP contribution is 1.88. The van der Waals surface area contributed by atoms with Gasteiger partial charge >= 0.3 is 12.3 Å². The van der Waals surface area contributed by atoms with E-state index < -0.39 is 12.3 Å². The van der Waals surface area contributed by atoms with Crippen LogP contribution in [0.2, 0.25) is 0 Å². The van der Waals surface area contributed by atoms with Gasteiger partial charge in [-0.1, -0.05) is 0 Å². The van der Waals surface area contributed by atoms with E-state index in [0.717, 1.165) is 0 Å². The molecule has 0 amide bonds. The summed E-state index contributed by atoms with van der Waals surface area (Å²) in [6.07, 6.45) is -1.42. The Morgan fingerprint density at radius 3 is 1.62 bits per heavy atom. The van der Waals surface area contributed by atoms with Crippen molar-refractivity contribution in [2.75, 3.05) is 47.6 Å². The third kappa shape index (κ3) is 7.86. The molecule has 0 atom stereocenters. The molecule has 0 aromatic rings. The number of hydrogen-bond acceptors (Lipinski definition) is 7. The monoisotopic (exact) mass is 235 g/mol. The number of ether oxygens (including phenoxy) is 4. The first-order valence-electron chi connectivity index (χ1n) is 4.70. The first-order valence-corrected chi connectivity index (χ1v) is 4.70. The Bertz CT molecular complexity index is 198. The Kier molecular flexibility index (Phi) is 7.96. The maximum Gasteiger partial charge on any atom is 0.508 e. The molecule has 0 unspecified atom stereocenters. The van der Waals surface area contributed by atoms with Crippen molar-refractivity contribution in [2.45, 2.75) is 0 Å². The molecule has 7 nitrogen and oxygen atoms in total. The van der Waals surface area contributed by atoms with Crippen LogP contribution in [0.1, 0.15) is 0 Å². The van der Waals surface area contributed by atoms with E-state index in [1.807, 2.05) is 4.90 Å². The van der Waals surface area contributed by atoms with E-state index in [1.54, 1.807) is 7.05 Å². The van der Waals surface area contributed by atoms with Crippen LogP contribution >= 0.6 is 0 Å². The largest absolute Gasteiger partial charge is 0.508 e. The van der Waals surface area contributed by atoms with Gasteiger partial charge in [0, 0.05) is 13.1 Å². The quantitative estimate of drug-likeness (QED) is 0.620. The lowest BCUT2D eigenvalue weighted by Crippen LogP contribution is -2.28. The topological polar surface area (TPSA) is 74.3 Å². The summed E-state index contributed by atoms with van der Waals surface area (Å²) < 4.78 is 17.9. The van der Waals surface area contributed by atoms with Crippen LogP contribution in [-0.2, 0) is 18.9 Å². The molecular weight excluding hydrogens is 218 g/mol. The van der Waals surface area contributed by atoms with E-state index in [0.29, 0.717) is 13.1 Å². The lowest BCUT2D eigenvalue weighted by atomic mass is 10.5. The molecule has 0 saturated heterocycles. The lowest BCUT2D eigenvalue weighted by Gasteiger charge is -2.15. The van der Waals surface area contributed by atoms with Gasteiger partial charge in [-0.3, -0.25) is 4.90 Å². The molecule has 7 heteroatoms. The summed E-state index contributed by atoms with van der Waals surface area (Å²) in [5.41, 5.74) is 0. The Balaban J connectivity index is 3.41. The normalized spacial score (nSPS) is 9.75. The van der Waals surface area contributed by atoms with Crippen molar-refractivity contribution in [1.82, 2.24) is 4.90 Å². The number of rotatable bonds is 6. The van der Waals surface area contributed by atoms with Gasteiger partial charge in [-0.15, -0.1) is 0 Å². The minimum Gasteiger partial charge on any atom is -0.438 e. The fraction of sp³-hybridized carbons (Fsp3) is 0.778. The summed E-state index contributed by atoms with van der Waals surface area (Å²) in [7, 11) is 4.30. The summed E-state index contributed by atoms with van der Waals surface area (Å²) in [4.78, 5) is 23.0. The summed E-state index contributed by atoms with van der Waals surface area (Å²) in [6, 6.07) is 0. The van der Waals surface area contributed by atoms with Gasteiger partial charge in [0.2, 0.25) is 0 Å². The van der Waals surface area contributed by atoms with Gasteiger partial charge in [-0.25, -0.2) is 9.59 Å². The predicted octanol–water partition coefficient (Wildman–Crippen LogP) is 0.484. The molecule has 94 valence electrons. The molecule has 0 bridgehead atoms. The molecular formula is C9H17NO6. The number of methoxy groups -OCH3 is 2. The van der Waals surface area contributed by atoms with E-state index in [-0.39, 0.29) is 13.2 Å². The van der Waals surface area contributed by atoms with Crippen LogP contribution in [0.3, 0.4) is 0 Å². The molecule has 0 heterocycles. The third-order valence-electron chi connectivity index (χ3n) is 1.72. The molecule has 0 saturated carbocycles. The number of carbonyl (C=O) groups is 2. The zero-order valence-electron chi connectivity index (χ0n) is 9.73. The molecule has 0 fully saturated rings. The van der Waals surface area contributed by atoms with Gasteiger partial charge < -0.3 is 18.9 Å². The molecule has 0 aliphatic rings. The minimum absolute atomic E-state index is 0.224.